The van der Waals surface area contributed by atoms with Crippen molar-refractivity contribution in [3.63, 3.8) is 0 Å². The summed E-state index contributed by atoms with van der Waals surface area (Å²) in [6.45, 7) is -0.0544. The van der Waals surface area contributed by atoms with Crippen LogP contribution in [0.3, 0.4) is 0 Å². The summed E-state index contributed by atoms with van der Waals surface area (Å²) in [4.78, 5) is 23.7. The number of para-hydroxylation sites is 1. The molecule has 1 fully saturated rings. The first-order valence-corrected chi connectivity index (χ1v) is 6.69. The van der Waals surface area contributed by atoms with Gasteiger partial charge in [-0.1, -0.05) is 12.1 Å². The van der Waals surface area contributed by atoms with Crippen LogP contribution in [0.2, 0.25) is 0 Å². The van der Waals surface area contributed by atoms with E-state index in [9.17, 15) is 9.59 Å². The van der Waals surface area contributed by atoms with Crippen LogP contribution in [0.25, 0.3) is 11.0 Å². The fraction of sp³-hybridized carbons (Fsp3) is 0.0769. The van der Waals surface area contributed by atoms with Gasteiger partial charge < -0.3 is 10.2 Å². The molecular formula is C13H11N5O3S. The van der Waals surface area contributed by atoms with E-state index in [2.05, 4.69) is 16.0 Å². The molecule has 0 spiro atoms. The third kappa shape index (κ3) is 2.49. The lowest BCUT2D eigenvalue weighted by Crippen LogP contribution is -2.56. The van der Waals surface area contributed by atoms with Crippen molar-refractivity contribution in [2.24, 2.45) is 5.10 Å². The Labute approximate surface area is 129 Å². The maximum Gasteiger partial charge on any atom is 0.260 e. The highest BCUT2D eigenvalue weighted by molar-refractivity contribution is 7.80. The number of rotatable bonds is 2. The van der Waals surface area contributed by atoms with Crippen molar-refractivity contribution in [1.29, 1.82) is 0 Å². The summed E-state index contributed by atoms with van der Waals surface area (Å²) in [7, 11) is 0. The van der Waals surface area contributed by atoms with E-state index >= 15 is 0 Å². The number of nitrogens with two attached hydrogens (primary N) is 1. The summed E-state index contributed by atoms with van der Waals surface area (Å²) in [5.41, 5.74) is 10.8. The zero-order valence-corrected chi connectivity index (χ0v) is 12.0. The lowest BCUT2D eigenvalue weighted by atomic mass is 10.2. The van der Waals surface area contributed by atoms with E-state index in [1.54, 1.807) is 24.3 Å². The van der Waals surface area contributed by atoms with Gasteiger partial charge in [-0.2, -0.15) is 5.10 Å². The fourth-order valence-corrected chi connectivity index (χ4v) is 2.11. The summed E-state index contributed by atoms with van der Waals surface area (Å²) in [6.07, 6.45) is 1.24. The Hall–Kier alpha value is -2.94. The van der Waals surface area contributed by atoms with Crippen molar-refractivity contribution in [2.45, 2.75) is 0 Å². The molecule has 9 heteroatoms. The van der Waals surface area contributed by atoms with Gasteiger partial charge >= 0.3 is 0 Å². The highest BCUT2D eigenvalue weighted by Gasteiger charge is 2.19. The largest absolute Gasteiger partial charge is 0.440 e. The first kappa shape index (κ1) is 14.0. The minimum Gasteiger partial charge on any atom is -0.440 e. The van der Waals surface area contributed by atoms with Gasteiger partial charge in [-0.25, -0.2) is 5.01 Å². The SMILES string of the molecule is Nc1oc2ccccc2c(=O)c1/C=N/N1CC(=O)NNC1=S. The third-order valence-electron chi connectivity index (χ3n) is 3.02. The van der Waals surface area contributed by atoms with Crippen LogP contribution in [-0.2, 0) is 4.79 Å². The minimum absolute atomic E-state index is 0.0483. The van der Waals surface area contributed by atoms with E-state index in [0.29, 0.717) is 11.0 Å². The maximum atomic E-state index is 12.4. The monoisotopic (exact) mass is 317 g/mol. The topological polar surface area (TPSA) is 113 Å². The number of fused-ring (bicyclic) bond motifs is 1. The molecule has 3 rings (SSSR count). The lowest BCUT2D eigenvalue weighted by Gasteiger charge is -2.25. The van der Waals surface area contributed by atoms with Crippen LogP contribution in [0, 0.1) is 0 Å². The van der Waals surface area contributed by atoms with Crippen LogP contribution in [0.4, 0.5) is 5.88 Å². The number of thiocarbonyl (C=S) groups is 1. The number of carbonyl (C=O) groups excluding carboxylic acids is 1. The third-order valence-corrected chi connectivity index (χ3v) is 3.34. The van der Waals surface area contributed by atoms with Crippen molar-refractivity contribution in [3.8, 4) is 0 Å². The fourth-order valence-electron chi connectivity index (χ4n) is 1.95. The molecule has 1 saturated heterocycles. The molecule has 1 amide bonds. The number of anilines is 1. The minimum atomic E-state index is -0.302. The molecule has 0 radical (unpaired) electrons. The summed E-state index contributed by atoms with van der Waals surface area (Å²) in [5.74, 6) is -0.350. The Kier molecular flexibility index (Phi) is 3.47. The molecule has 8 nitrogen and oxygen atoms in total. The smallest absolute Gasteiger partial charge is 0.260 e. The first-order valence-electron chi connectivity index (χ1n) is 6.28. The van der Waals surface area contributed by atoms with Gasteiger partial charge in [0.15, 0.2) is 0 Å². The Morgan fingerprint density at radius 2 is 2.09 bits per heavy atom. The number of carbonyl (C=O) groups is 1. The average Bonchev–Trinajstić information content (AvgIpc) is 2.50. The maximum absolute atomic E-state index is 12.4. The number of hydrogen-bond donors (Lipinski definition) is 3. The predicted molar refractivity (Wildman–Crippen MR) is 85.1 cm³/mol. The summed E-state index contributed by atoms with van der Waals surface area (Å²) < 4.78 is 5.40. The number of hydrazone groups is 1. The quantitative estimate of drug-likeness (QED) is 0.525. The number of nitrogens with one attached hydrogen (secondary N) is 2. The molecule has 0 bridgehead atoms. The van der Waals surface area contributed by atoms with E-state index < -0.39 is 0 Å². The number of nitrogens with zero attached hydrogens (tertiary/aromatic N) is 2. The van der Waals surface area contributed by atoms with Crippen LogP contribution in [0.15, 0.2) is 38.6 Å². The number of nitrogen functional groups attached to an aromatic ring is 1. The van der Waals surface area contributed by atoms with Crippen LogP contribution >= 0.6 is 12.2 Å². The van der Waals surface area contributed by atoms with Crippen molar-refractivity contribution < 1.29 is 9.21 Å². The van der Waals surface area contributed by atoms with Crippen LogP contribution in [0.1, 0.15) is 5.56 Å². The van der Waals surface area contributed by atoms with E-state index in [-0.39, 0.29) is 34.4 Å². The van der Waals surface area contributed by atoms with Crippen molar-refractivity contribution in [2.75, 3.05) is 12.3 Å². The van der Waals surface area contributed by atoms with E-state index in [0.717, 1.165) is 0 Å². The number of benzene rings is 1. The molecule has 1 aromatic heterocycles. The lowest BCUT2D eigenvalue weighted by molar-refractivity contribution is -0.123. The zero-order chi connectivity index (χ0) is 15.7. The van der Waals surface area contributed by atoms with Crippen molar-refractivity contribution >= 4 is 46.3 Å². The summed E-state index contributed by atoms with van der Waals surface area (Å²) in [6, 6.07) is 6.76. The molecule has 0 saturated carbocycles. The molecule has 1 aliphatic rings. The van der Waals surface area contributed by atoms with E-state index in [1.807, 2.05) is 0 Å². The number of hydrazine groups is 1. The predicted octanol–water partition coefficient (Wildman–Crippen LogP) is -0.0696. The molecule has 2 aromatic rings. The molecule has 0 atom stereocenters. The van der Waals surface area contributed by atoms with Gasteiger partial charge in [0.05, 0.1) is 11.6 Å². The zero-order valence-electron chi connectivity index (χ0n) is 11.2. The number of amides is 1. The molecule has 0 unspecified atom stereocenters. The van der Waals surface area contributed by atoms with Gasteiger partial charge in [-0.05, 0) is 24.4 Å². The van der Waals surface area contributed by atoms with Gasteiger partial charge in [-0.3, -0.25) is 20.4 Å². The second-order valence-electron chi connectivity index (χ2n) is 4.49. The van der Waals surface area contributed by atoms with Gasteiger partial charge in [-0.15, -0.1) is 0 Å². The van der Waals surface area contributed by atoms with Gasteiger partial charge in [0.1, 0.15) is 17.7 Å². The number of hydrogen-bond acceptors (Lipinski definition) is 6. The molecule has 112 valence electrons. The van der Waals surface area contributed by atoms with Gasteiger partial charge in [0.2, 0.25) is 16.4 Å². The van der Waals surface area contributed by atoms with Gasteiger partial charge in [0, 0.05) is 0 Å². The molecule has 2 heterocycles. The Bertz CT molecular complexity index is 860. The van der Waals surface area contributed by atoms with Crippen LogP contribution < -0.4 is 22.0 Å². The van der Waals surface area contributed by atoms with Crippen LogP contribution in [-0.4, -0.2) is 28.8 Å². The average molecular weight is 317 g/mol. The molecule has 1 aromatic carbocycles. The molecule has 22 heavy (non-hydrogen) atoms. The standard InChI is InChI=1S/C13H11N5O3S/c14-12-8(5-15-18-6-10(19)16-17-13(18)22)11(20)7-3-1-2-4-9(7)21-12/h1-5H,6,14H2,(H,16,19)(H,17,22)/b15-5+. The van der Waals surface area contributed by atoms with Crippen LogP contribution in [0.5, 0.6) is 0 Å². The molecule has 1 aliphatic heterocycles. The molecule has 0 aliphatic carbocycles. The second kappa shape index (κ2) is 5.45. The molecule has 4 N–H and O–H groups in total. The molecular weight excluding hydrogens is 306 g/mol. The Morgan fingerprint density at radius 1 is 1.32 bits per heavy atom. The van der Waals surface area contributed by atoms with E-state index in [1.165, 1.54) is 11.2 Å². The van der Waals surface area contributed by atoms with Crippen molar-refractivity contribution in [1.82, 2.24) is 15.9 Å². The summed E-state index contributed by atoms with van der Waals surface area (Å²) in [5, 5.41) is 5.86. The Morgan fingerprint density at radius 3 is 2.91 bits per heavy atom. The highest BCUT2D eigenvalue weighted by Crippen LogP contribution is 2.16. The van der Waals surface area contributed by atoms with Gasteiger partial charge in [0.25, 0.3) is 5.91 Å². The summed E-state index contributed by atoms with van der Waals surface area (Å²) >= 11 is 4.99. The first-order chi connectivity index (χ1) is 10.6. The highest BCUT2D eigenvalue weighted by atomic mass is 32.1. The Balaban J connectivity index is 2.00. The van der Waals surface area contributed by atoms with E-state index in [4.69, 9.17) is 22.4 Å². The second-order valence-corrected chi connectivity index (χ2v) is 4.87. The van der Waals surface area contributed by atoms with Crippen molar-refractivity contribution in [3.05, 3.63) is 40.1 Å². The normalized spacial score (nSPS) is 15.2.